The van der Waals surface area contributed by atoms with Gasteiger partial charge in [0.1, 0.15) is 11.5 Å². The van der Waals surface area contributed by atoms with Crippen LogP contribution >= 0.6 is 0 Å². The van der Waals surface area contributed by atoms with Gasteiger partial charge in [0.15, 0.2) is 0 Å². The zero-order chi connectivity index (χ0) is 19.1. The molecule has 0 aliphatic carbocycles. The molecule has 0 aromatic heterocycles. The highest BCUT2D eigenvalue weighted by Gasteiger charge is 2.26. The number of ether oxygens (including phenoxy) is 1. The van der Waals surface area contributed by atoms with E-state index in [-0.39, 0.29) is 24.2 Å². The fourth-order valence-electron chi connectivity index (χ4n) is 2.62. The Hall–Kier alpha value is -3.48. The topological polar surface area (TPSA) is 92.2 Å². The van der Waals surface area contributed by atoms with Crippen molar-refractivity contribution in [1.82, 2.24) is 10.9 Å². The summed E-state index contributed by atoms with van der Waals surface area (Å²) in [5, 5.41) is 7.82. The number of hydrazone groups is 2. The number of rotatable bonds is 7. The summed E-state index contributed by atoms with van der Waals surface area (Å²) in [5.41, 5.74) is 6.37. The Bertz CT molecular complexity index is 878. The van der Waals surface area contributed by atoms with Gasteiger partial charge in [0.05, 0.1) is 12.1 Å². The van der Waals surface area contributed by atoms with Crippen molar-refractivity contribution in [3.8, 4) is 11.5 Å². The minimum atomic E-state index is -0.341. The Morgan fingerprint density at radius 1 is 1.22 bits per heavy atom. The molecule has 2 aromatic rings. The van der Waals surface area contributed by atoms with Crippen LogP contribution in [0.3, 0.4) is 0 Å². The van der Waals surface area contributed by atoms with E-state index in [9.17, 15) is 9.59 Å². The van der Waals surface area contributed by atoms with Crippen molar-refractivity contribution in [2.24, 2.45) is 16.1 Å². The van der Waals surface area contributed by atoms with Gasteiger partial charge in [-0.25, -0.2) is 10.9 Å². The number of nitrogens with zero attached hydrogens (tertiary/aromatic N) is 2. The van der Waals surface area contributed by atoms with E-state index in [1.54, 1.807) is 13.1 Å². The largest absolute Gasteiger partial charge is 0.457 e. The first-order valence-electron chi connectivity index (χ1n) is 8.61. The molecular formula is C20H20N4O3. The van der Waals surface area contributed by atoms with Crippen molar-refractivity contribution in [2.75, 3.05) is 0 Å². The molecule has 0 saturated carbocycles. The van der Waals surface area contributed by atoms with E-state index in [0.717, 1.165) is 11.3 Å². The third kappa shape index (κ3) is 5.24. The van der Waals surface area contributed by atoms with Crippen LogP contribution in [0.2, 0.25) is 0 Å². The third-order valence-corrected chi connectivity index (χ3v) is 4.06. The maximum atomic E-state index is 11.9. The lowest BCUT2D eigenvalue weighted by Crippen LogP contribution is -2.25. The lowest BCUT2D eigenvalue weighted by atomic mass is 9.99. The van der Waals surface area contributed by atoms with Gasteiger partial charge >= 0.3 is 0 Å². The van der Waals surface area contributed by atoms with Crippen LogP contribution in [0.1, 0.15) is 25.3 Å². The van der Waals surface area contributed by atoms with Gasteiger partial charge in [0.2, 0.25) is 11.8 Å². The van der Waals surface area contributed by atoms with E-state index in [1.807, 2.05) is 54.6 Å². The Balaban J connectivity index is 1.49. The minimum Gasteiger partial charge on any atom is -0.457 e. The molecule has 3 rings (SSSR count). The van der Waals surface area contributed by atoms with Crippen LogP contribution in [0.25, 0.3) is 0 Å². The Kier molecular flexibility index (Phi) is 5.94. The Labute approximate surface area is 157 Å². The molecule has 0 spiro atoms. The molecular weight excluding hydrogens is 344 g/mol. The monoisotopic (exact) mass is 364 g/mol. The third-order valence-electron chi connectivity index (χ3n) is 4.06. The van der Waals surface area contributed by atoms with Crippen molar-refractivity contribution in [1.29, 1.82) is 0 Å². The second-order valence-corrected chi connectivity index (χ2v) is 6.10. The number of para-hydroxylation sites is 1. The number of hydrogen-bond acceptors (Lipinski definition) is 5. The van der Waals surface area contributed by atoms with E-state index in [0.29, 0.717) is 17.9 Å². The van der Waals surface area contributed by atoms with Crippen LogP contribution in [0.5, 0.6) is 11.5 Å². The zero-order valence-corrected chi connectivity index (χ0v) is 14.9. The molecule has 0 radical (unpaired) electrons. The molecule has 138 valence electrons. The summed E-state index contributed by atoms with van der Waals surface area (Å²) >= 11 is 0. The highest BCUT2D eigenvalue weighted by atomic mass is 16.5. The number of benzene rings is 2. The summed E-state index contributed by atoms with van der Waals surface area (Å²) in [6.07, 6.45) is 2.15. The average Bonchev–Trinajstić information content (AvgIpc) is 2.99. The molecule has 0 unspecified atom stereocenters. The molecule has 7 nitrogen and oxygen atoms in total. The summed E-state index contributed by atoms with van der Waals surface area (Å²) in [6.45, 7) is 1.77. The van der Waals surface area contributed by atoms with Crippen LogP contribution in [0.15, 0.2) is 64.8 Å². The number of carbonyl (C=O) groups excluding carboxylic acids is 2. The highest BCUT2D eigenvalue weighted by molar-refractivity contribution is 6.07. The van der Waals surface area contributed by atoms with E-state index in [1.165, 1.54) is 0 Å². The van der Waals surface area contributed by atoms with Gasteiger partial charge in [-0.3, -0.25) is 9.59 Å². The summed E-state index contributed by atoms with van der Waals surface area (Å²) in [4.78, 5) is 23.5. The molecule has 0 saturated heterocycles. The molecule has 2 amide bonds. The van der Waals surface area contributed by atoms with Gasteiger partial charge in [-0.15, -0.1) is 0 Å². The second-order valence-electron chi connectivity index (χ2n) is 6.10. The average molecular weight is 364 g/mol. The van der Waals surface area contributed by atoms with Crippen LogP contribution in [0.4, 0.5) is 0 Å². The molecule has 0 bridgehead atoms. The predicted octanol–water partition coefficient (Wildman–Crippen LogP) is 2.83. The fourth-order valence-corrected chi connectivity index (χ4v) is 2.62. The molecule has 1 atom stereocenters. The number of nitrogens with one attached hydrogen (secondary N) is 2. The number of amides is 2. The fraction of sp³-hybridized carbons (Fsp3) is 0.200. The van der Waals surface area contributed by atoms with Gasteiger partial charge in [0.25, 0.3) is 0 Å². The molecule has 0 fully saturated rings. The quantitative estimate of drug-likeness (QED) is 0.584. The van der Waals surface area contributed by atoms with Crippen LogP contribution < -0.4 is 15.6 Å². The zero-order valence-electron chi connectivity index (χ0n) is 14.9. The molecule has 2 aromatic carbocycles. The molecule has 1 heterocycles. The minimum absolute atomic E-state index is 0.168. The first-order valence-corrected chi connectivity index (χ1v) is 8.61. The van der Waals surface area contributed by atoms with E-state index >= 15 is 0 Å². The van der Waals surface area contributed by atoms with Crippen molar-refractivity contribution in [3.05, 3.63) is 60.2 Å². The van der Waals surface area contributed by atoms with Crippen LogP contribution in [-0.2, 0) is 9.59 Å². The predicted molar refractivity (Wildman–Crippen MR) is 103 cm³/mol. The first kappa shape index (κ1) is 18.3. The highest BCUT2D eigenvalue weighted by Crippen LogP contribution is 2.21. The van der Waals surface area contributed by atoms with Crippen LogP contribution in [-0.4, -0.2) is 23.7 Å². The van der Waals surface area contributed by atoms with Crippen molar-refractivity contribution in [3.63, 3.8) is 0 Å². The first-order chi connectivity index (χ1) is 13.1. The lowest BCUT2D eigenvalue weighted by Gasteiger charge is -2.06. The van der Waals surface area contributed by atoms with Gasteiger partial charge in [-0.05, 0) is 43.2 Å². The van der Waals surface area contributed by atoms with Gasteiger partial charge < -0.3 is 4.74 Å². The summed E-state index contributed by atoms with van der Waals surface area (Å²) in [7, 11) is 0. The Morgan fingerprint density at radius 2 is 2.00 bits per heavy atom. The maximum Gasteiger partial charge on any atom is 0.248 e. The molecule has 2 N–H and O–H groups in total. The summed E-state index contributed by atoms with van der Waals surface area (Å²) < 4.78 is 5.76. The maximum absolute atomic E-state index is 11.9. The van der Waals surface area contributed by atoms with Crippen LogP contribution in [0, 0.1) is 5.92 Å². The normalized spacial score (nSPS) is 16.1. The van der Waals surface area contributed by atoms with Gasteiger partial charge in [-0.2, -0.15) is 10.2 Å². The standard InChI is InChI=1S/C20H20N4O3/c1-14-18(20(26)24-22-14)10-11-19(25)23-21-13-15-6-5-9-17(12-15)27-16-7-3-2-4-8-16/h2-9,12-13,18H,10-11H2,1H3,(H,23,25)(H,24,26)/b21-13+/t18-/m0/s1. The number of hydrogen-bond donors (Lipinski definition) is 2. The summed E-state index contributed by atoms with van der Waals surface area (Å²) in [6, 6.07) is 16.8. The van der Waals surface area contributed by atoms with Crippen molar-refractivity contribution in [2.45, 2.75) is 19.8 Å². The molecule has 1 aliphatic heterocycles. The number of carbonyl (C=O) groups is 2. The van der Waals surface area contributed by atoms with E-state index < -0.39 is 0 Å². The second kappa shape index (κ2) is 8.75. The van der Waals surface area contributed by atoms with Gasteiger partial charge in [0, 0.05) is 12.1 Å². The van der Waals surface area contributed by atoms with E-state index in [2.05, 4.69) is 21.1 Å². The smallest absolute Gasteiger partial charge is 0.248 e. The van der Waals surface area contributed by atoms with E-state index in [4.69, 9.17) is 4.74 Å². The SMILES string of the molecule is CC1=NNC(=O)[C@H]1CCC(=O)N/N=C/c1cccc(Oc2ccccc2)c1. The van der Waals surface area contributed by atoms with Gasteiger partial charge in [-0.1, -0.05) is 30.3 Å². The lowest BCUT2D eigenvalue weighted by molar-refractivity contribution is -0.123. The van der Waals surface area contributed by atoms with Crippen molar-refractivity contribution >= 4 is 23.7 Å². The molecule has 7 heteroatoms. The molecule has 27 heavy (non-hydrogen) atoms. The summed E-state index contributed by atoms with van der Waals surface area (Å²) in [5.74, 6) is 0.661. The molecule has 1 aliphatic rings. The van der Waals surface area contributed by atoms with Crippen molar-refractivity contribution < 1.29 is 14.3 Å². The Morgan fingerprint density at radius 3 is 2.74 bits per heavy atom.